The van der Waals surface area contributed by atoms with Crippen LogP contribution >= 0.6 is 11.3 Å². The standard InChI is InChI=1S/C13H13N5OS/c14-8-1-2-11-10(5-8)12(18-17-11)13(19)15-4-3-9-6-20-7-16-9/h1-2,5-7H,3-4,14H2,(H,15,19)(H,17,18). The molecule has 3 aromatic rings. The number of carbonyl (C=O) groups is 1. The molecule has 0 saturated heterocycles. The first-order chi connectivity index (χ1) is 9.74. The first-order valence-electron chi connectivity index (χ1n) is 6.13. The van der Waals surface area contributed by atoms with Gasteiger partial charge in [-0.15, -0.1) is 11.3 Å². The molecule has 0 radical (unpaired) electrons. The van der Waals surface area contributed by atoms with Crippen molar-refractivity contribution in [1.29, 1.82) is 0 Å². The number of rotatable bonds is 4. The number of nitrogens with zero attached hydrogens (tertiary/aromatic N) is 2. The number of aromatic nitrogens is 3. The van der Waals surface area contributed by atoms with Crippen molar-refractivity contribution >= 4 is 33.8 Å². The normalized spacial score (nSPS) is 10.8. The number of nitrogen functional groups attached to an aromatic ring is 1. The molecule has 2 heterocycles. The van der Waals surface area contributed by atoms with Gasteiger partial charge in [0.05, 0.1) is 16.7 Å². The van der Waals surface area contributed by atoms with Gasteiger partial charge < -0.3 is 11.1 Å². The van der Waals surface area contributed by atoms with Crippen LogP contribution in [0.4, 0.5) is 5.69 Å². The fraction of sp³-hybridized carbons (Fsp3) is 0.154. The van der Waals surface area contributed by atoms with E-state index in [1.54, 1.807) is 29.0 Å². The molecule has 0 aliphatic rings. The molecule has 0 fully saturated rings. The van der Waals surface area contributed by atoms with Crippen LogP contribution in [0.1, 0.15) is 16.2 Å². The Morgan fingerprint density at radius 1 is 1.45 bits per heavy atom. The van der Waals surface area contributed by atoms with Crippen LogP contribution in [0.3, 0.4) is 0 Å². The largest absolute Gasteiger partial charge is 0.399 e. The van der Waals surface area contributed by atoms with Crippen LogP contribution < -0.4 is 11.1 Å². The van der Waals surface area contributed by atoms with E-state index in [2.05, 4.69) is 20.5 Å². The van der Waals surface area contributed by atoms with Gasteiger partial charge in [0.1, 0.15) is 0 Å². The van der Waals surface area contributed by atoms with Gasteiger partial charge in [-0.3, -0.25) is 9.89 Å². The lowest BCUT2D eigenvalue weighted by molar-refractivity contribution is 0.0950. The molecule has 0 atom stereocenters. The minimum Gasteiger partial charge on any atom is -0.399 e. The first kappa shape index (κ1) is 12.6. The zero-order valence-corrected chi connectivity index (χ0v) is 11.4. The Kier molecular flexibility index (Phi) is 3.34. The second kappa shape index (κ2) is 5.30. The number of anilines is 1. The molecular weight excluding hydrogens is 274 g/mol. The van der Waals surface area contributed by atoms with Crippen LogP contribution in [-0.2, 0) is 6.42 Å². The van der Waals surface area contributed by atoms with Crippen molar-refractivity contribution in [3.63, 3.8) is 0 Å². The van der Waals surface area contributed by atoms with Crippen LogP contribution in [0.5, 0.6) is 0 Å². The minimum absolute atomic E-state index is 0.211. The second-order valence-electron chi connectivity index (χ2n) is 4.36. The van der Waals surface area contributed by atoms with Crippen LogP contribution in [0.2, 0.25) is 0 Å². The Hall–Kier alpha value is -2.41. The number of aromatic amines is 1. The number of nitrogens with one attached hydrogen (secondary N) is 2. The average Bonchev–Trinajstić information content (AvgIpc) is 3.07. The molecule has 6 nitrogen and oxygen atoms in total. The highest BCUT2D eigenvalue weighted by Gasteiger charge is 2.13. The van der Waals surface area contributed by atoms with E-state index in [-0.39, 0.29) is 5.91 Å². The van der Waals surface area contributed by atoms with Crippen molar-refractivity contribution in [3.05, 3.63) is 40.5 Å². The summed E-state index contributed by atoms with van der Waals surface area (Å²) in [5, 5.41) is 12.4. The number of benzene rings is 1. The van der Waals surface area contributed by atoms with Crippen LogP contribution in [0, 0.1) is 0 Å². The fourth-order valence-corrected chi connectivity index (χ4v) is 2.55. The van der Waals surface area contributed by atoms with Gasteiger partial charge in [0.25, 0.3) is 5.91 Å². The highest BCUT2D eigenvalue weighted by atomic mass is 32.1. The number of carbonyl (C=O) groups excluding carboxylic acids is 1. The van der Waals surface area contributed by atoms with E-state index < -0.39 is 0 Å². The van der Waals surface area contributed by atoms with Crippen LogP contribution in [0.15, 0.2) is 29.1 Å². The molecule has 1 aromatic carbocycles. The number of hydrogen-bond acceptors (Lipinski definition) is 5. The second-order valence-corrected chi connectivity index (χ2v) is 5.08. The third-order valence-corrected chi connectivity index (χ3v) is 3.59. The monoisotopic (exact) mass is 287 g/mol. The van der Waals surface area contributed by atoms with Crippen LogP contribution in [0.25, 0.3) is 10.9 Å². The molecule has 3 rings (SSSR count). The van der Waals surface area contributed by atoms with E-state index in [0.717, 1.165) is 16.6 Å². The molecule has 102 valence electrons. The van der Waals surface area contributed by atoms with Gasteiger partial charge in [0, 0.05) is 29.4 Å². The van der Waals surface area contributed by atoms with Gasteiger partial charge in [0.15, 0.2) is 5.69 Å². The summed E-state index contributed by atoms with van der Waals surface area (Å²) < 4.78 is 0. The molecule has 0 unspecified atom stereocenters. The van der Waals surface area contributed by atoms with Crippen molar-refractivity contribution in [2.24, 2.45) is 0 Å². The van der Waals surface area contributed by atoms with Gasteiger partial charge in [-0.2, -0.15) is 5.10 Å². The average molecular weight is 287 g/mol. The summed E-state index contributed by atoms with van der Waals surface area (Å²) >= 11 is 1.54. The smallest absolute Gasteiger partial charge is 0.272 e. The Bertz CT molecular complexity index is 734. The van der Waals surface area contributed by atoms with Gasteiger partial charge in [-0.25, -0.2) is 4.98 Å². The fourth-order valence-electron chi connectivity index (χ4n) is 1.95. The predicted molar refractivity (Wildman–Crippen MR) is 78.7 cm³/mol. The number of fused-ring (bicyclic) bond motifs is 1. The highest BCUT2D eigenvalue weighted by molar-refractivity contribution is 7.07. The lowest BCUT2D eigenvalue weighted by atomic mass is 10.2. The molecule has 0 bridgehead atoms. The summed E-state index contributed by atoms with van der Waals surface area (Å²) in [6, 6.07) is 5.32. The Morgan fingerprint density at radius 2 is 2.35 bits per heavy atom. The topological polar surface area (TPSA) is 96.7 Å². The molecule has 0 saturated carbocycles. The van der Waals surface area contributed by atoms with E-state index >= 15 is 0 Å². The van der Waals surface area contributed by atoms with Crippen LogP contribution in [-0.4, -0.2) is 27.6 Å². The molecule has 4 N–H and O–H groups in total. The van der Waals surface area contributed by atoms with Crippen molar-refractivity contribution in [3.8, 4) is 0 Å². The van der Waals surface area contributed by atoms with Crippen molar-refractivity contribution in [2.75, 3.05) is 12.3 Å². The zero-order chi connectivity index (χ0) is 13.9. The third kappa shape index (κ3) is 2.48. The number of hydrogen-bond donors (Lipinski definition) is 3. The van der Waals surface area contributed by atoms with Crippen molar-refractivity contribution in [2.45, 2.75) is 6.42 Å². The van der Waals surface area contributed by atoms with Gasteiger partial charge >= 0.3 is 0 Å². The van der Waals surface area contributed by atoms with Gasteiger partial charge in [-0.1, -0.05) is 0 Å². The Morgan fingerprint density at radius 3 is 3.15 bits per heavy atom. The molecule has 2 aromatic heterocycles. The summed E-state index contributed by atoms with van der Waals surface area (Å²) in [5.41, 5.74) is 10.3. The maximum Gasteiger partial charge on any atom is 0.272 e. The van der Waals surface area contributed by atoms with E-state index in [9.17, 15) is 4.79 Å². The summed E-state index contributed by atoms with van der Waals surface area (Å²) in [6.45, 7) is 0.527. The SMILES string of the molecule is Nc1ccc2[nH]nc(C(=O)NCCc3cscn3)c2c1. The number of thiazole rings is 1. The lowest BCUT2D eigenvalue weighted by Gasteiger charge is -2.02. The molecule has 0 spiro atoms. The molecule has 0 aliphatic heterocycles. The lowest BCUT2D eigenvalue weighted by Crippen LogP contribution is -2.26. The summed E-state index contributed by atoms with van der Waals surface area (Å²) in [4.78, 5) is 16.3. The predicted octanol–water partition coefficient (Wildman–Crippen LogP) is 1.57. The Balaban J connectivity index is 1.70. The third-order valence-electron chi connectivity index (χ3n) is 2.95. The molecule has 0 aliphatic carbocycles. The first-order valence-corrected chi connectivity index (χ1v) is 7.07. The van der Waals surface area contributed by atoms with E-state index in [1.807, 2.05) is 11.4 Å². The molecule has 1 amide bonds. The number of nitrogens with two attached hydrogens (primary N) is 1. The van der Waals surface area contributed by atoms with Crippen molar-refractivity contribution in [1.82, 2.24) is 20.5 Å². The van der Waals surface area contributed by atoms with Gasteiger partial charge in [-0.05, 0) is 18.2 Å². The van der Waals surface area contributed by atoms with Crippen molar-refractivity contribution < 1.29 is 4.79 Å². The summed E-state index contributed by atoms with van der Waals surface area (Å²) in [7, 11) is 0. The zero-order valence-electron chi connectivity index (χ0n) is 10.6. The minimum atomic E-state index is -0.211. The molecule has 20 heavy (non-hydrogen) atoms. The quantitative estimate of drug-likeness (QED) is 0.635. The van der Waals surface area contributed by atoms with Gasteiger partial charge in [0.2, 0.25) is 0 Å². The Labute approximate surface area is 119 Å². The molecule has 7 heteroatoms. The van der Waals surface area contributed by atoms with E-state index in [4.69, 9.17) is 5.73 Å². The summed E-state index contributed by atoms with van der Waals surface area (Å²) in [6.07, 6.45) is 0.708. The highest BCUT2D eigenvalue weighted by Crippen LogP contribution is 2.18. The van der Waals surface area contributed by atoms with E-state index in [0.29, 0.717) is 24.3 Å². The maximum absolute atomic E-state index is 12.1. The maximum atomic E-state index is 12.1. The molecular formula is C13H13N5OS. The summed E-state index contributed by atoms with van der Waals surface area (Å²) in [5.74, 6) is -0.211. The number of H-pyrrole nitrogens is 1. The van der Waals surface area contributed by atoms with E-state index in [1.165, 1.54) is 0 Å². The number of amides is 1.